The van der Waals surface area contributed by atoms with Crippen LogP contribution in [0.3, 0.4) is 0 Å². The highest BCUT2D eigenvalue weighted by molar-refractivity contribution is 5.87. The van der Waals surface area contributed by atoms with Gasteiger partial charge >= 0.3 is 5.97 Å². The van der Waals surface area contributed by atoms with Crippen LogP contribution < -0.4 is 9.64 Å². The maximum atomic E-state index is 11.6. The number of benzene rings is 4. The maximum absolute atomic E-state index is 11.6. The van der Waals surface area contributed by atoms with Gasteiger partial charge in [-0.1, -0.05) is 73.8 Å². The van der Waals surface area contributed by atoms with Crippen LogP contribution >= 0.6 is 0 Å². The van der Waals surface area contributed by atoms with Gasteiger partial charge in [0, 0.05) is 22.6 Å². The van der Waals surface area contributed by atoms with Crippen molar-refractivity contribution in [2.75, 3.05) is 11.5 Å². The highest BCUT2D eigenvalue weighted by Crippen LogP contribution is 2.35. The van der Waals surface area contributed by atoms with E-state index in [0.29, 0.717) is 11.3 Å². The van der Waals surface area contributed by atoms with E-state index in [-0.39, 0.29) is 12.4 Å². The number of anilines is 3. The van der Waals surface area contributed by atoms with Crippen LogP contribution in [0.15, 0.2) is 134 Å². The molecular formula is C31H27NO3. The Balaban J connectivity index is 1.47. The van der Waals surface area contributed by atoms with Crippen molar-refractivity contribution in [1.29, 1.82) is 0 Å². The van der Waals surface area contributed by atoms with Gasteiger partial charge in [-0.3, -0.25) is 0 Å². The molecule has 4 nitrogen and oxygen atoms in total. The third-order valence-electron chi connectivity index (χ3n) is 5.33. The fourth-order valence-electron chi connectivity index (χ4n) is 3.56. The summed E-state index contributed by atoms with van der Waals surface area (Å²) in [4.78, 5) is 13.8. The quantitative estimate of drug-likeness (QED) is 0.145. The van der Waals surface area contributed by atoms with Crippen LogP contribution in [-0.4, -0.2) is 12.6 Å². The lowest BCUT2D eigenvalue weighted by atomic mass is 10.0. The average molecular weight is 462 g/mol. The summed E-state index contributed by atoms with van der Waals surface area (Å²) in [6, 6.07) is 36.9. The third-order valence-corrected chi connectivity index (χ3v) is 5.33. The minimum absolute atomic E-state index is 0.0852. The highest BCUT2D eigenvalue weighted by Gasteiger charge is 2.12. The molecule has 0 aliphatic heterocycles. The van der Waals surface area contributed by atoms with Crippen LogP contribution in [-0.2, 0) is 9.53 Å². The largest absolute Gasteiger partial charge is 0.486 e. The van der Waals surface area contributed by atoms with E-state index in [1.807, 2.05) is 60.7 Å². The van der Waals surface area contributed by atoms with E-state index >= 15 is 0 Å². The second kappa shape index (κ2) is 11.0. The Kier molecular flexibility index (Phi) is 7.44. The second-order valence-electron chi connectivity index (χ2n) is 8.07. The number of carbonyl (C=O) groups is 1. The second-order valence-corrected chi connectivity index (χ2v) is 8.07. The first-order chi connectivity index (χ1) is 17.0. The normalized spacial score (nSPS) is 10.3. The van der Waals surface area contributed by atoms with Gasteiger partial charge in [0.25, 0.3) is 0 Å². The molecule has 0 aromatic heterocycles. The molecule has 0 saturated carbocycles. The number of nitrogens with zero attached hydrogens (tertiary/aromatic N) is 1. The smallest absolute Gasteiger partial charge is 0.338 e. The molecule has 35 heavy (non-hydrogen) atoms. The van der Waals surface area contributed by atoms with E-state index in [4.69, 9.17) is 9.47 Å². The summed E-state index contributed by atoms with van der Waals surface area (Å²) in [6.07, 6.45) is 0. The number of hydrogen-bond donors (Lipinski definition) is 0. The predicted octanol–water partition coefficient (Wildman–Crippen LogP) is 7.84. The molecular weight excluding hydrogens is 434 g/mol. The molecule has 0 heterocycles. The van der Waals surface area contributed by atoms with E-state index in [1.54, 1.807) is 6.92 Å². The zero-order valence-corrected chi connectivity index (χ0v) is 19.7. The lowest BCUT2D eigenvalue weighted by Gasteiger charge is -2.25. The minimum Gasteiger partial charge on any atom is -0.486 e. The summed E-state index contributed by atoms with van der Waals surface area (Å²) >= 11 is 0. The van der Waals surface area contributed by atoms with E-state index < -0.39 is 5.97 Å². The Hall–Kier alpha value is -4.57. The van der Waals surface area contributed by atoms with Gasteiger partial charge in [-0.25, -0.2) is 4.79 Å². The Labute approximate surface area is 206 Å². The van der Waals surface area contributed by atoms with Gasteiger partial charge in [0.05, 0.1) is 0 Å². The fourth-order valence-corrected chi connectivity index (χ4v) is 3.56. The van der Waals surface area contributed by atoms with Crippen molar-refractivity contribution in [3.8, 4) is 16.9 Å². The van der Waals surface area contributed by atoms with Crippen LogP contribution in [0.5, 0.6) is 5.75 Å². The van der Waals surface area contributed by atoms with Crippen molar-refractivity contribution in [2.24, 2.45) is 0 Å². The van der Waals surface area contributed by atoms with Gasteiger partial charge in [0.1, 0.15) is 18.1 Å². The Morgan fingerprint density at radius 3 is 1.63 bits per heavy atom. The first-order valence-electron chi connectivity index (χ1n) is 11.3. The first kappa shape index (κ1) is 23.6. The van der Waals surface area contributed by atoms with E-state index in [9.17, 15) is 4.79 Å². The Morgan fingerprint density at radius 1 is 0.686 bits per heavy atom. The molecule has 0 spiro atoms. The molecule has 0 fully saturated rings. The summed E-state index contributed by atoms with van der Waals surface area (Å²) in [5, 5.41) is 0. The van der Waals surface area contributed by atoms with Crippen LogP contribution in [0, 0.1) is 0 Å². The molecule has 4 aromatic carbocycles. The monoisotopic (exact) mass is 461 g/mol. The summed E-state index contributed by atoms with van der Waals surface area (Å²) in [6.45, 7) is 8.93. The van der Waals surface area contributed by atoms with E-state index in [0.717, 1.165) is 28.2 Å². The topological polar surface area (TPSA) is 38.8 Å². The van der Waals surface area contributed by atoms with Crippen LogP contribution in [0.1, 0.15) is 6.92 Å². The van der Waals surface area contributed by atoms with Crippen molar-refractivity contribution >= 4 is 23.0 Å². The molecule has 4 aromatic rings. The molecule has 0 unspecified atom stereocenters. The first-order valence-corrected chi connectivity index (χ1v) is 11.3. The number of ether oxygens (including phenoxy) is 2. The molecule has 0 saturated heterocycles. The van der Waals surface area contributed by atoms with Crippen LogP contribution in [0.25, 0.3) is 11.1 Å². The number of esters is 1. The molecule has 0 N–H and O–H groups in total. The lowest BCUT2D eigenvalue weighted by molar-refractivity contribution is -0.135. The van der Waals surface area contributed by atoms with Gasteiger partial charge in [-0.05, 0) is 66.6 Å². The Bertz CT molecular complexity index is 1260. The summed E-state index contributed by atoms with van der Waals surface area (Å²) in [5.41, 5.74) is 5.77. The Morgan fingerprint density at radius 2 is 1.14 bits per heavy atom. The van der Waals surface area contributed by atoms with Gasteiger partial charge in [-0.15, -0.1) is 0 Å². The number of carbonyl (C=O) groups excluding carboxylic acids is 1. The number of hydrogen-bond acceptors (Lipinski definition) is 4. The standard InChI is InChI=1S/C31H27NO3/c1-23(2)31(33)35-24(3)22-34-30-20-16-26(17-21-30)25-14-18-29(19-15-25)32(27-10-6-4-7-11-27)28-12-8-5-9-13-28/h4-21H,1,3,22H2,2H3. The van der Waals surface area contributed by atoms with Gasteiger partial charge in [0.2, 0.25) is 0 Å². The van der Waals surface area contributed by atoms with Crippen molar-refractivity contribution in [3.63, 3.8) is 0 Å². The number of para-hydroxylation sites is 2. The maximum Gasteiger partial charge on any atom is 0.338 e. The summed E-state index contributed by atoms with van der Waals surface area (Å²) in [7, 11) is 0. The zero-order valence-electron chi connectivity index (χ0n) is 19.7. The lowest BCUT2D eigenvalue weighted by Crippen LogP contribution is -2.10. The van der Waals surface area contributed by atoms with Gasteiger partial charge in [-0.2, -0.15) is 0 Å². The van der Waals surface area contributed by atoms with E-state index in [2.05, 4.69) is 66.6 Å². The van der Waals surface area contributed by atoms with Crippen LogP contribution in [0.4, 0.5) is 17.1 Å². The molecule has 0 bridgehead atoms. The van der Waals surface area contributed by atoms with Crippen molar-refractivity contribution < 1.29 is 14.3 Å². The molecule has 0 aliphatic rings. The predicted molar refractivity (Wildman–Crippen MR) is 142 cm³/mol. The molecule has 0 aliphatic carbocycles. The molecule has 0 atom stereocenters. The molecule has 4 rings (SSSR count). The fraction of sp³-hybridized carbons (Fsp3) is 0.0645. The minimum atomic E-state index is -0.504. The highest BCUT2D eigenvalue weighted by atomic mass is 16.6. The van der Waals surface area contributed by atoms with E-state index in [1.165, 1.54) is 0 Å². The third kappa shape index (κ3) is 6.06. The summed E-state index contributed by atoms with van der Waals surface area (Å²) in [5.74, 6) is 0.395. The molecule has 174 valence electrons. The summed E-state index contributed by atoms with van der Waals surface area (Å²) < 4.78 is 10.7. The van der Waals surface area contributed by atoms with Crippen molar-refractivity contribution in [2.45, 2.75) is 6.92 Å². The van der Waals surface area contributed by atoms with Gasteiger partial charge in [0.15, 0.2) is 0 Å². The molecule has 0 radical (unpaired) electrons. The molecule has 4 heteroatoms. The van der Waals surface area contributed by atoms with Gasteiger partial charge < -0.3 is 14.4 Å². The van der Waals surface area contributed by atoms with Crippen LogP contribution in [0.2, 0.25) is 0 Å². The zero-order chi connectivity index (χ0) is 24.6. The van der Waals surface area contributed by atoms with Crippen molar-refractivity contribution in [3.05, 3.63) is 134 Å². The van der Waals surface area contributed by atoms with Crippen molar-refractivity contribution in [1.82, 2.24) is 0 Å². The molecule has 0 amide bonds. The average Bonchev–Trinajstić information content (AvgIpc) is 2.89. The SMILES string of the molecule is C=C(COc1ccc(-c2ccc(N(c3ccccc3)c3ccccc3)cc2)cc1)OC(=O)C(=C)C. The number of rotatable bonds is 9.